The number of nitrogens with one attached hydrogen (secondary N) is 2. The van der Waals surface area contributed by atoms with Crippen molar-refractivity contribution >= 4 is 33.3 Å². The van der Waals surface area contributed by atoms with Crippen molar-refractivity contribution in [1.82, 2.24) is 10.2 Å². The maximum absolute atomic E-state index is 13.3. The van der Waals surface area contributed by atoms with E-state index < -0.39 is 11.7 Å². The predicted molar refractivity (Wildman–Crippen MR) is 76.6 cm³/mol. The molecular weight excluding hydrogens is 329 g/mol. The summed E-state index contributed by atoms with van der Waals surface area (Å²) in [6.07, 6.45) is 0. The van der Waals surface area contributed by atoms with Crippen LogP contribution in [0.5, 0.6) is 0 Å². The van der Waals surface area contributed by atoms with Crippen LogP contribution in [0.4, 0.5) is 15.9 Å². The van der Waals surface area contributed by atoms with Gasteiger partial charge in [-0.15, -0.1) is 10.2 Å². The first-order chi connectivity index (χ1) is 9.51. The highest BCUT2D eigenvalue weighted by Gasteiger charge is 2.12. The van der Waals surface area contributed by atoms with Crippen molar-refractivity contribution in [2.45, 2.75) is 6.92 Å². The first-order valence-corrected chi connectivity index (χ1v) is 6.38. The maximum atomic E-state index is 13.3. The van der Waals surface area contributed by atoms with Crippen LogP contribution in [0, 0.1) is 12.7 Å². The van der Waals surface area contributed by atoms with Gasteiger partial charge in [-0.3, -0.25) is 4.79 Å². The number of hydrazine groups is 1. The number of rotatable bonds is 3. The Hall–Kier alpha value is -2.06. The van der Waals surface area contributed by atoms with E-state index in [4.69, 9.17) is 5.84 Å². The zero-order valence-corrected chi connectivity index (χ0v) is 12.0. The quantitative estimate of drug-likeness (QED) is 0.589. The van der Waals surface area contributed by atoms with Gasteiger partial charge in [-0.1, -0.05) is 0 Å². The zero-order chi connectivity index (χ0) is 14.7. The number of nitrogens with zero attached hydrogens (tertiary/aromatic N) is 2. The second-order valence-electron chi connectivity index (χ2n) is 3.98. The summed E-state index contributed by atoms with van der Waals surface area (Å²) in [6, 6.07) is 5.82. The van der Waals surface area contributed by atoms with Gasteiger partial charge in [0.1, 0.15) is 5.82 Å². The average Bonchev–Trinajstić information content (AvgIpc) is 2.44. The highest BCUT2D eigenvalue weighted by Crippen LogP contribution is 2.24. The smallest absolute Gasteiger partial charge is 0.276 e. The molecule has 8 heteroatoms. The number of hydrogen-bond acceptors (Lipinski definition) is 5. The topological polar surface area (TPSA) is 92.9 Å². The summed E-state index contributed by atoms with van der Waals surface area (Å²) < 4.78 is 13.6. The van der Waals surface area contributed by atoms with Gasteiger partial charge in [-0.05, 0) is 52.7 Å². The number of benzene rings is 1. The van der Waals surface area contributed by atoms with E-state index in [-0.39, 0.29) is 10.2 Å². The Balaban J connectivity index is 2.20. The molecule has 0 atom stereocenters. The molecule has 0 unspecified atom stereocenters. The Labute approximate surface area is 122 Å². The van der Waals surface area contributed by atoms with Gasteiger partial charge in [-0.25, -0.2) is 10.2 Å². The third-order valence-corrected chi connectivity index (χ3v) is 3.17. The van der Waals surface area contributed by atoms with Crippen molar-refractivity contribution in [3.8, 4) is 0 Å². The van der Waals surface area contributed by atoms with Crippen LogP contribution in [0.25, 0.3) is 0 Å². The number of hydrogen-bond donors (Lipinski definition) is 3. The Morgan fingerprint density at radius 2 is 2.10 bits per heavy atom. The van der Waals surface area contributed by atoms with Crippen LogP contribution in [-0.2, 0) is 0 Å². The van der Waals surface area contributed by atoms with E-state index in [0.29, 0.717) is 17.1 Å². The molecule has 0 aliphatic heterocycles. The molecule has 0 saturated carbocycles. The molecule has 0 saturated heterocycles. The van der Waals surface area contributed by atoms with Crippen LogP contribution >= 0.6 is 15.9 Å². The van der Waals surface area contributed by atoms with Crippen LogP contribution in [0.15, 0.2) is 28.7 Å². The molecule has 0 bridgehead atoms. The molecule has 0 aliphatic carbocycles. The summed E-state index contributed by atoms with van der Waals surface area (Å²) in [6.45, 7) is 1.69. The van der Waals surface area contributed by atoms with E-state index in [2.05, 4.69) is 36.9 Å². The predicted octanol–water partition coefficient (Wildman–Crippen LogP) is 2.22. The van der Waals surface area contributed by atoms with E-state index in [1.807, 2.05) is 0 Å². The normalized spacial score (nSPS) is 10.2. The Morgan fingerprint density at radius 1 is 1.35 bits per heavy atom. The summed E-state index contributed by atoms with van der Waals surface area (Å²) >= 11 is 3.07. The van der Waals surface area contributed by atoms with Crippen molar-refractivity contribution in [3.05, 3.63) is 45.8 Å². The van der Waals surface area contributed by atoms with Gasteiger partial charge in [0.25, 0.3) is 5.91 Å². The molecule has 1 aromatic carbocycles. The Morgan fingerprint density at radius 3 is 2.70 bits per heavy atom. The minimum Gasteiger partial charge on any atom is -0.320 e. The van der Waals surface area contributed by atoms with E-state index in [1.54, 1.807) is 6.92 Å². The van der Waals surface area contributed by atoms with Gasteiger partial charge in [0.2, 0.25) is 0 Å². The van der Waals surface area contributed by atoms with Crippen LogP contribution in [0.2, 0.25) is 0 Å². The van der Waals surface area contributed by atoms with E-state index in [0.717, 1.165) is 0 Å². The minimum atomic E-state index is -0.442. The number of nitrogen functional groups attached to an aromatic ring is 1. The molecule has 0 aliphatic rings. The molecule has 2 aromatic rings. The van der Waals surface area contributed by atoms with E-state index >= 15 is 0 Å². The van der Waals surface area contributed by atoms with Crippen molar-refractivity contribution < 1.29 is 9.18 Å². The molecule has 4 N–H and O–H groups in total. The molecule has 2 rings (SSSR count). The van der Waals surface area contributed by atoms with Gasteiger partial charge in [0.15, 0.2) is 11.5 Å². The van der Waals surface area contributed by atoms with Gasteiger partial charge in [0.05, 0.1) is 4.47 Å². The maximum Gasteiger partial charge on any atom is 0.276 e. The summed E-state index contributed by atoms with van der Waals surface area (Å²) in [5.41, 5.74) is 3.54. The Kier molecular flexibility index (Phi) is 4.26. The number of aryl methyl sites for hydroxylation is 1. The number of nitrogens with two attached hydrogens (primary N) is 1. The third-order valence-electron chi connectivity index (χ3n) is 2.56. The number of amides is 1. The lowest BCUT2D eigenvalue weighted by Crippen LogP contribution is -2.16. The zero-order valence-electron chi connectivity index (χ0n) is 10.4. The van der Waals surface area contributed by atoms with Crippen LogP contribution in [0.1, 0.15) is 16.1 Å². The second-order valence-corrected chi connectivity index (χ2v) is 4.84. The highest BCUT2D eigenvalue weighted by atomic mass is 79.9. The first-order valence-electron chi connectivity index (χ1n) is 5.58. The molecule has 1 heterocycles. The van der Waals surface area contributed by atoms with Gasteiger partial charge < -0.3 is 10.7 Å². The molecule has 1 amide bonds. The monoisotopic (exact) mass is 339 g/mol. The minimum absolute atomic E-state index is 0.129. The van der Waals surface area contributed by atoms with Crippen molar-refractivity contribution in [2.24, 2.45) is 5.84 Å². The fraction of sp³-hybridized carbons (Fsp3) is 0.0833. The average molecular weight is 340 g/mol. The summed E-state index contributed by atoms with van der Waals surface area (Å²) in [7, 11) is 0. The molecular formula is C12H11BrFN5O. The number of aromatic nitrogens is 2. The van der Waals surface area contributed by atoms with Crippen LogP contribution in [-0.4, -0.2) is 16.1 Å². The van der Waals surface area contributed by atoms with Gasteiger partial charge in [-0.2, -0.15) is 0 Å². The van der Waals surface area contributed by atoms with Crippen molar-refractivity contribution in [3.63, 3.8) is 0 Å². The van der Waals surface area contributed by atoms with E-state index in [9.17, 15) is 9.18 Å². The number of anilines is 2. The van der Waals surface area contributed by atoms with Crippen molar-refractivity contribution in [2.75, 3.05) is 10.7 Å². The SMILES string of the molecule is Cc1cc(F)c(Br)cc1NC(=O)c1ccc(NN)nn1. The van der Waals surface area contributed by atoms with Crippen LogP contribution in [0.3, 0.4) is 0 Å². The lowest BCUT2D eigenvalue weighted by molar-refractivity contribution is 0.102. The molecule has 104 valence electrons. The molecule has 0 radical (unpaired) electrons. The molecule has 0 spiro atoms. The Bertz CT molecular complexity index is 647. The third kappa shape index (κ3) is 3.09. The lowest BCUT2D eigenvalue weighted by atomic mass is 10.2. The summed E-state index contributed by atoms with van der Waals surface area (Å²) in [4.78, 5) is 12.0. The number of carbonyl (C=O) groups is 1. The van der Waals surface area contributed by atoms with E-state index in [1.165, 1.54) is 24.3 Å². The van der Waals surface area contributed by atoms with Crippen molar-refractivity contribution in [1.29, 1.82) is 0 Å². The fourth-order valence-corrected chi connectivity index (χ4v) is 1.84. The molecule has 20 heavy (non-hydrogen) atoms. The van der Waals surface area contributed by atoms with Gasteiger partial charge in [0, 0.05) is 5.69 Å². The summed E-state index contributed by atoms with van der Waals surface area (Å²) in [5.74, 6) is 4.67. The molecule has 6 nitrogen and oxygen atoms in total. The first kappa shape index (κ1) is 14.4. The van der Waals surface area contributed by atoms with Gasteiger partial charge >= 0.3 is 0 Å². The largest absolute Gasteiger partial charge is 0.320 e. The summed E-state index contributed by atoms with van der Waals surface area (Å²) in [5, 5.41) is 10.1. The lowest BCUT2D eigenvalue weighted by Gasteiger charge is -2.09. The standard InChI is InChI=1S/C12H11BrFN5O/c1-6-4-8(14)7(13)5-10(6)16-12(20)9-2-3-11(17-15)19-18-9/h2-5H,15H2,1H3,(H,16,20)(H,17,19). The molecule has 1 aromatic heterocycles. The molecule has 0 fully saturated rings. The van der Waals surface area contributed by atoms with Crippen LogP contribution < -0.4 is 16.6 Å². The second kappa shape index (κ2) is 5.93. The fourth-order valence-electron chi connectivity index (χ4n) is 1.50. The number of halogens is 2. The number of carbonyl (C=O) groups excluding carboxylic acids is 1. The highest BCUT2D eigenvalue weighted by molar-refractivity contribution is 9.10.